The number of rotatable bonds is 7. The number of methoxy groups -OCH3 is 1. The average molecular weight is 554 g/mol. The van der Waals surface area contributed by atoms with Crippen LogP contribution in [0.3, 0.4) is 0 Å². The van der Waals surface area contributed by atoms with Gasteiger partial charge in [0.2, 0.25) is 5.91 Å². The molecule has 9 heteroatoms. The molecule has 40 heavy (non-hydrogen) atoms. The van der Waals surface area contributed by atoms with Gasteiger partial charge in [0.1, 0.15) is 6.04 Å². The van der Waals surface area contributed by atoms with Gasteiger partial charge in [0, 0.05) is 41.1 Å². The van der Waals surface area contributed by atoms with Crippen molar-refractivity contribution in [3.8, 4) is 5.69 Å². The van der Waals surface area contributed by atoms with Gasteiger partial charge in [0.15, 0.2) is 5.11 Å². The van der Waals surface area contributed by atoms with Crippen molar-refractivity contribution in [2.24, 2.45) is 5.92 Å². The third-order valence-corrected chi connectivity index (χ3v) is 7.31. The van der Waals surface area contributed by atoms with Crippen molar-refractivity contribution < 1.29 is 14.3 Å². The summed E-state index contributed by atoms with van der Waals surface area (Å²) in [4.78, 5) is 31.3. The van der Waals surface area contributed by atoms with Crippen LogP contribution in [0.1, 0.15) is 53.2 Å². The van der Waals surface area contributed by atoms with Crippen molar-refractivity contribution in [1.82, 2.24) is 14.9 Å². The fraction of sp³-hybridized carbons (Fsp3) is 0.226. The van der Waals surface area contributed by atoms with E-state index in [4.69, 9.17) is 17.0 Å². The molecule has 5 rings (SSSR count). The van der Waals surface area contributed by atoms with Gasteiger partial charge in [-0.05, 0) is 85.4 Å². The van der Waals surface area contributed by atoms with Crippen LogP contribution in [0.25, 0.3) is 5.69 Å². The Balaban J connectivity index is 1.60. The SMILES string of the molecule is COC(=O)c1cccc(-n2cccc2[C@@H]2[C@@H](c3ccccn3)NC(=S)N2c2ccc(NC(=O)C(C)C)c(C)c2)c1. The smallest absolute Gasteiger partial charge is 0.337 e. The monoisotopic (exact) mass is 553 g/mol. The Morgan fingerprint density at radius 2 is 1.85 bits per heavy atom. The van der Waals surface area contributed by atoms with Crippen molar-refractivity contribution in [2.45, 2.75) is 32.9 Å². The summed E-state index contributed by atoms with van der Waals surface area (Å²) in [5, 5.41) is 7.06. The van der Waals surface area contributed by atoms with E-state index < -0.39 is 5.97 Å². The van der Waals surface area contributed by atoms with Crippen LogP contribution < -0.4 is 15.5 Å². The van der Waals surface area contributed by atoms with Gasteiger partial charge in [-0.15, -0.1) is 0 Å². The van der Waals surface area contributed by atoms with E-state index in [0.717, 1.165) is 34.0 Å². The summed E-state index contributed by atoms with van der Waals surface area (Å²) in [6.07, 6.45) is 3.74. The Kier molecular flexibility index (Phi) is 7.66. The van der Waals surface area contributed by atoms with Crippen LogP contribution >= 0.6 is 12.2 Å². The number of nitrogens with zero attached hydrogens (tertiary/aromatic N) is 3. The lowest BCUT2D eigenvalue weighted by Crippen LogP contribution is -2.30. The second-order valence-electron chi connectivity index (χ2n) is 9.98. The van der Waals surface area contributed by atoms with Gasteiger partial charge in [0.05, 0.1) is 24.4 Å². The van der Waals surface area contributed by atoms with Gasteiger partial charge in [-0.1, -0.05) is 26.0 Å². The third kappa shape index (κ3) is 5.20. The van der Waals surface area contributed by atoms with Crippen molar-refractivity contribution in [1.29, 1.82) is 0 Å². The normalized spacial score (nSPS) is 16.6. The fourth-order valence-corrected chi connectivity index (χ4v) is 5.27. The first kappa shape index (κ1) is 27.1. The molecule has 4 aromatic rings. The van der Waals surface area contributed by atoms with Crippen LogP contribution in [0.15, 0.2) is 85.2 Å². The highest BCUT2D eigenvalue weighted by atomic mass is 32.1. The Morgan fingerprint density at radius 3 is 2.55 bits per heavy atom. The number of nitrogens with one attached hydrogen (secondary N) is 2. The van der Waals surface area contributed by atoms with Crippen molar-refractivity contribution in [2.75, 3.05) is 17.3 Å². The highest BCUT2D eigenvalue weighted by molar-refractivity contribution is 7.80. The van der Waals surface area contributed by atoms with Gasteiger partial charge < -0.3 is 24.8 Å². The molecule has 8 nitrogen and oxygen atoms in total. The molecule has 2 aromatic heterocycles. The molecule has 3 heterocycles. The van der Waals surface area contributed by atoms with Crippen LogP contribution in [0.5, 0.6) is 0 Å². The van der Waals surface area contributed by atoms with Gasteiger partial charge in [-0.25, -0.2) is 4.79 Å². The molecule has 0 bridgehead atoms. The number of hydrogen-bond donors (Lipinski definition) is 2. The van der Waals surface area contributed by atoms with Crippen LogP contribution in [0.4, 0.5) is 11.4 Å². The van der Waals surface area contributed by atoms with Crippen LogP contribution in [0.2, 0.25) is 0 Å². The second kappa shape index (κ2) is 11.3. The minimum Gasteiger partial charge on any atom is -0.465 e. The lowest BCUT2D eigenvalue weighted by atomic mass is 10.00. The number of esters is 1. The lowest BCUT2D eigenvalue weighted by molar-refractivity contribution is -0.118. The van der Waals surface area contributed by atoms with E-state index >= 15 is 0 Å². The maximum Gasteiger partial charge on any atom is 0.337 e. The largest absolute Gasteiger partial charge is 0.465 e. The molecule has 2 N–H and O–H groups in total. The molecule has 204 valence electrons. The summed E-state index contributed by atoms with van der Waals surface area (Å²) in [6.45, 7) is 5.70. The highest BCUT2D eigenvalue weighted by Gasteiger charge is 2.42. The van der Waals surface area contributed by atoms with Crippen LogP contribution in [-0.4, -0.2) is 33.6 Å². The molecule has 0 saturated carbocycles. The Labute approximate surface area is 239 Å². The minimum absolute atomic E-state index is 0.0330. The molecule has 2 aromatic carbocycles. The molecule has 2 atom stereocenters. The highest BCUT2D eigenvalue weighted by Crippen LogP contribution is 2.43. The van der Waals surface area contributed by atoms with E-state index in [1.165, 1.54) is 7.11 Å². The number of benzene rings is 2. The first-order valence-corrected chi connectivity index (χ1v) is 13.5. The first-order valence-electron chi connectivity index (χ1n) is 13.1. The standard InChI is InChI=1S/C31H31N5O3S/c1-19(2)29(37)33-24-14-13-23(17-20(24)3)36-28(27(34-31(36)40)25-11-5-6-15-32-25)26-12-8-16-35(26)22-10-7-9-21(18-22)30(38)39-4/h5-19,27-28H,1-4H3,(H,33,37)(H,34,40)/t27-,28-/m1/s1. The zero-order valence-corrected chi connectivity index (χ0v) is 23.6. The van der Waals surface area contributed by atoms with E-state index in [0.29, 0.717) is 10.7 Å². The van der Waals surface area contributed by atoms with E-state index in [9.17, 15) is 9.59 Å². The van der Waals surface area contributed by atoms with Crippen molar-refractivity contribution in [3.05, 3.63) is 108 Å². The molecule has 1 amide bonds. The van der Waals surface area contributed by atoms with Crippen LogP contribution in [-0.2, 0) is 9.53 Å². The topological polar surface area (TPSA) is 88.5 Å². The van der Waals surface area contributed by atoms with E-state index in [1.54, 1.807) is 12.3 Å². The third-order valence-electron chi connectivity index (χ3n) is 7.00. The Morgan fingerprint density at radius 1 is 1.02 bits per heavy atom. The predicted octanol–water partition coefficient (Wildman–Crippen LogP) is 5.74. The van der Waals surface area contributed by atoms with Gasteiger partial charge in [-0.2, -0.15) is 0 Å². The zero-order valence-electron chi connectivity index (χ0n) is 22.8. The number of ether oxygens (including phenoxy) is 1. The molecule has 1 saturated heterocycles. The number of anilines is 2. The molecular weight excluding hydrogens is 522 g/mol. The number of pyridine rings is 1. The maximum absolute atomic E-state index is 12.3. The molecular formula is C31H31N5O3S. The number of carbonyl (C=O) groups excluding carboxylic acids is 2. The van der Waals surface area contributed by atoms with Gasteiger partial charge >= 0.3 is 5.97 Å². The number of hydrogen-bond acceptors (Lipinski definition) is 5. The van der Waals surface area contributed by atoms with Crippen molar-refractivity contribution >= 4 is 40.6 Å². The van der Waals surface area contributed by atoms with E-state index in [-0.39, 0.29) is 23.9 Å². The number of thiocarbonyl (C=S) groups is 1. The molecule has 0 radical (unpaired) electrons. The number of aryl methyl sites for hydroxylation is 1. The first-order chi connectivity index (χ1) is 19.3. The summed E-state index contributed by atoms with van der Waals surface area (Å²) < 4.78 is 7.00. The molecule has 1 fully saturated rings. The Bertz CT molecular complexity index is 1570. The zero-order chi connectivity index (χ0) is 28.4. The summed E-state index contributed by atoms with van der Waals surface area (Å²) in [7, 11) is 1.37. The fourth-order valence-electron chi connectivity index (χ4n) is 4.92. The average Bonchev–Trinajstić information content (AvgIpc) is 3.58. The molecule has 0 aliphatic carbocycles. The maximum atomic E-state index is 12.3. The second-order valence-corrected chi connectivity index (χ2v) is 10.4. The minimum atomic E-state index is -0.396. The lowest BCUT2D eigenvalue weighted by Gasteiger charge is -2.29. The molecule has 0 spiro atoms. The Hall–Kier alpha value is -4.50. The number of carbonyl (C=O) groups is 2. The molecule has 1 aliphatic heterocycles. The molecule has 0 unspecified atom stereocenters. The van der Waals surface area contributed by atoms with E-state index in [2.05, 4.69) is 31.2 Å². The summed E-state index contributed by atoms with van der Waals surface area (Å²) in [5.41, 5.74) is 5.68. The summed E-state index contributed by atoms with van der Waals surface area (Å²) in [6, 6.07) is 22.6. The quantitative estimate of drug-likeness (QED) is 0.223. The van der Waals surface area contributed by atoms with Gasteiger partial charge in [0.25, 0.3) is 0 Å². The number of amides is 1. The van der Waals surface area contributed by atoms with Gasteiger partial charge in [-0.3, -0.25) is 9.78 Å². The van der Waals surface area contributed by atoms with E-state index in [1.807, 2.05) is 87.6 Å². The summed E-state index contributed by atoms with van der Waals surface area (Å²) >= 11 is 5.91. The molecule has 1 aliphatic rings. The number of aromatic nitrogens is 2. The predicted molar refractivity (Wildman–Crippen MR) is 160 cm³/mol. The van der Waals surface area contributed by atoms with Crippen LogP contribution in [0, 0.1) is 12.8 Å². The van der Waals surface area contributed by atoms with Crippen molar-refractivity contribution in [3.63, 3.8) is 0 Å². The summed E-state index contributed by atoms with van der Waals surface area (Å²) in [5.74, 6) is -0.551.